The Morgan fingerprint density at radius 2 is 2.00 bits per heavy atom. The van der Waals surface area contributed by atoms with Gasteiger partial charge in [0.2, 0.25) is 5.91 Å². The van der Waals surface area contributed by atoms with Crippen molar-refractivity contribution in [3.8, 4) is 0 Å². The van der Waals surface area contributed by atoms with Gasteiger partial charge in [-0.15, -0.1) is 0 Å². The molecule has 0 spiro atoms. The minimum absolute atomic E-state index is 0.141. The number of nitrogens with one attached hydrogen (secondary N) is 2. The lowest BCUT2D eigenvalue weighted by molar-refractivity contribution is -0.121. The van der Waals surface area contributed by atoms with Gasteiger partial charge in [-0.1, -0.05) is 13.8 Å². The topological polar surface area (TPSA) is 53.6 Å². The van der Waals surface area contributed by atoms with Gasteiger partial charge in [0.15, 0.2) is 0 Å². The number of amides is 1. The fourth-order valence-corrected chi connectivity index (χ4v) is 1.80. The molecule has 1 aliphatic rings. The first-order chi connectivity index (χ1) is 8.68. The van der Waals surface area contributed by atoms with Crippen LogP contribution in [0.5, 0.6) is 0 Å². The predicted molar refractivity (Wildman–Crippen MR) is 72.6 cm³/mol. The highest BCUT2D eigenvalue weighted by Crippen LogP contribution is 1.94. The Balaban J connectivity index is 1.89. The van der Waals surface area contributed by atoms with E-state index in [4.69, 9.17) is 4.74 Å². The number of hydrogen-bond donors (Lipinski definition) is 2. The van der Waals surface area contributed by atoms with Crippen LogP contribution in [0.15, 0.2) is 0 Å². The number of ether oxygens (including phenoxy) is 1. The SMILES string of the molecule is CC(C)CNC(=O)CCNCCN1CCOCC1. The van der Waals surface area contributed by atoms with E-state index in [-0.39, 0.29) is 5.91 Å². The van der Waals surface area contributed by atoms with E-state index < -0.39 is 0 Å². The second-order valence-corrected chi connectivity index (χ2v) is 5.15. The molecule has 0 atom stereocenters. The van der Waals surface area contributed by atoms with Crippen molar-refractivity contribution in [2.45, 2.75) is 20.3 Å². The van der Waals surface area contributed by atoms with Crippen LogP contribution in [0.1, 0.15) is 20.3 Å². The van der Waals surface area contributed by atoms with E-state index in [0.29, 0.717) is 12.3 Å². The molecule has 5 heteroatoms. The second kappa shape index (κ2) is 9.30. The van der Waals surface area contributed by atoms with Crippen LogP contribution in [-0.4, -0.2) is 63.3 Å². The molecule has 1 fully saturated rings. The Bertz CT molecular complexity index is 228. The molecule has 0 radical (unpaired) electrons. The summed E-state index contributed by atoms with van der Waals surface area (Å²) in [7, 11) is 0. The third kappa shape index (κ3) is 7.63. The Kier molecular flexibility index (Phi) is 7.96. The van der Waals surface area contributed by atoms with Crippen molar-refractivity contribution in [1.82, 2.24) is 15.5 Å². The molecule has 1 saturated heterocycles. The van der Waals surface area contributed by atoms with Crippen LogP contribution in [0.2, 0.25) is 0 Å². The van der Waals surface area contributed by atoms with Crippen LogP contribution < -0.4 is 10.6 Å². The molecule has 0 aromatic rings. The number of hydrogen-bond acceptors (Lipinski definition) is 4. The molecule has 18 heavy (non-hydrogen) atoms. The lowest BCUT2D eigenvalue weighted by Gasteiger charge is -2.26. The summed E-state index contributed by atoms with van der Waals surface area (Å²) in [5.74, 6) is 0.658. The van der Waals surface area contributed by atoms with Gasteiger partial charge in [-0.2, -0.15) is 0 Å². The number of carbonyl (C=O) groups excluding carboxylic acids is 1. The maximum absolute atomic E-state index is 11.4. The fraction of sp³-hybridized carbons (Fsp3) is 0.923. The summed E-state index contributed by atoms with van der Waals surface area (Å²) in [5, 5.41) is 6.22. The van der Waals surface area contributed by atoms with Gasteiger partial charge in [0.05, 0.1) is 13.2 Å². The molecule has 0 unspecified atom stereocenters. The minimum Gasteiger partial charge on any atom is -0.379 e. The molecule has 1 aliphatic heterocycles. The van der Waals surface area contributed by atoms with Gasteiger partial charge in [0.1, 0.15) is 0 Å². The molecule has 1 rings (SSSR count). The summed E-state index contributed by atoms with van der Waals surface area (Å²) in [4.78, 5) is 13.8. The van der Waals surface area contributed by atoms with E-state index in [9.17, 15) is 4.79 Å². The number of nitrogens with zero attached hydrogens (tertiary/aromatic N) is 1. The first kappa shape index (κ1) is 15.4. The monoisotopic (exact) mass is 257 g/mol. The summed E-state index contributed by atoms with van der Waals surface area (Å²) < 4.78 is 5.29. The number of rotatable bonds is 8. The van der Waals surface area contributed by atoms with Gasteiger partial charge in [-0.3, -0.25) is 9.69 Å². The highest BCUT2D eigenvalue weighted by molar-refractivity contribution is 5.76. The first-order valence-electron chi connectivity index (χ1n) is 6.96. The zero-order chi connectivity index (χ0) is 13.2. The zero-order valence-corrected chi connectivity index (χ0v) is 11.7. The van der Waals surface area contributed by atoms with Crippen LogP contribution in [0.4, 0.5) is 0 Å². The average molecular weight is 257 g/mol. The molecule has 106 valence electrons. The highest BCUT2D eigenvalue weighted by atomic mass is 16.5. The normalized spacial score (nSPS) is 17.1. The third-order valence-corrected chi connectivity index (χ3v) is 2.94. The molecule has 0 aromatic carbocycles. The Morgan fingerprint density at radius 1 is 1.28 bits per heavy atom. The molecule has 0 aliphatic carbocycles. The first-order valence-corrected chi connectivity index (χ1v) is 6.96. The van der Waals surface area contributed by atoms with Gasteiger partial charge in [-0.25, -0.2) is 0 Å². The lowest BCUT2D eigenvalue weighted by Crippen LogP contribution is -2.40. The van der Waals surface area contributed by atoms with E-state index in [2.05, 4.69) is 29.4 Å². The van der Waals surface area contributed by atoms with E-state index >= 15 is 0 Å². The number of carbonyl (C=O) groups is 1. The van der Waals surface area contributed by atoms with Crippen molar-refractivity contribution in [2.75, 3.05) is 52.5 Å². The second-order valence-electron chi connectivity index (χ2n) is 5.15. The summed E-state index contributed by atoms with van der Waals surface area (Å²) >= 11 is 0. The minimum atomic E-state index is 0.141. The van der Waals surface area contributed by atoms with Crippen LogP contribution in [0, 0.1) is 5.92 Å². The highest BCUT2D eigenvalue weighted by Gasteiger charge is 2.09. The lowest BCUT2D eigenvalue weighted by atomic mass is 10.2. The molecular weight excluding hydrogens is 230 g/mol. The third-order valence-electron chi connectivity index (χ3n) is 2.94. The number of morpholine rings is 1. The molecule has 0 bridgehead atoms. The van der Waals surface area contributed by atoms with Crippen molar-refractivity contribution in [3.05, 3.63) is 0 Å². The summed E-state index contributed by atoms with van der Waals surface area (Å²) in [6, 6.07) is 0. The summed E-state index contributed by atoms with van der Waals surface area (Å²) in [5.41, 5.74) is 0. The Labute approximate surface area is 110 Å². The van der Waals surface area contributed by atoms with Gasteiger partial charge in [0, 0.05) is 45.7 Å². The summed E-state index contributed by atoms with van der Waals surface area (Å²) in [6.07, 6.45) is 0.565. The Hall–Kier alpha value is -0.650. The maximum atomic E-state index is 11.4. The molecule has 5 nitrogen and oxygen atoms in total. The van der Waals surface area contributed by atoms with Crippen LogP contribution >= 0.6 is 0 Å². The zero-order valence-electron chi connectivity index (χ0n) is 11.7. The molecular formula is C13H27N3O2. The fourth-order valence-electron chi connectivity index (χ4n) is 1.80. The van der Waals surface area contributed by atoms with Gasteiger partial charge >= 0.3 is 0 Å². The molecule has 1 heterocycles. The smallest absolute Gasteiger partial charge is 0.221 e. The van der Waals surface area contributed by atoms with Gasteiger partial charge in [-0.05, 0) is 5.92 Å². The van der Waals surface area contributed by atoms with Crippen molar-refractivity contribution in [3.63, 3.8) is 0 Å². The van der Waals surface area contributed by atoms with Crippen molar-refractivity contribution in [1.29, 1.82) is 0 Å². The van der Waals surface area contributed by atoms with Crippen molar-refractivity contribution < 1.29 is 9.53 Å². The Morgan fingerprint density at radius 3 is 2.67 bits per heavy atom. The van der Waals surface area contributed by atoms with Gasteiger partial charge in [0.25, 0.3) is 0 Å². The molecule has 2 N–H and O–H groups in total. The van der Waals surface area contributed by atoms with E-state index in [0.717, 1.165) is 52.5 Å². The molecule has 0 saturated carbocycles. The van der Waals surface area contributed by atoms with Crippen LogP contribution in [-0.2, 0) is 9.53 Å². The van der Waals surface area contributed by atoms with Gasteiger partial charge < -0.3 is 15.4 Å². The average Bonchev–Trinajstić information content (AvgIpc) is 2.37. The quantitative estimate of drug-likeness (QED) is 0.604. The van der Waals surface area contributed by atoms with Crippen molar-refractivity contribution in [2.24, 2.45) is 5.92 Å². The van der Waals surface area contributed by atoms with Crippen molar-refractivity contribution >= 4 is 5.91 Å². The molecule has 0 aromatic heterocycles. The predicted octanol–water partition coefficient (Wildman–Crippen LogP) is 0.0705. The van der Waals surface area contributed by atoms with E-state index in [1.54, 1.807) is 0 Å². The van der Waals surface area contributed by atoms with Crippen LogP contribution in [0.25, 0.3) is 0 Å². The van der Waals surface area contributed by atoms with E-state index in [1.807, 2.05) is 0 Å². The molecule has 1 amide bonds. The maximum Gasteiger partial charge on any atom is 0.221 e. The standard InChI is InChI=1S/C13H27N3O2/c1-12(2)11-15-13(17)3-4-14-5-6-16-7-9-18-10-8-16/h12,14H,3-11H2,1-2H3,(H,15,17). The summed E-state index contributed by atoms with van der Waals surface area (Å²) in [6.45, 7) is 11.4. The van der Waals surface area contributed by atoms with Crippen LogP contribution in [0.3, 0.4) is 0 Å². The largest absolute Gasteiger partial charge is 0.379 e. The van der Waals surface area contributed by atoms with E-state index in [1.165, 1.54) is 0 Å².